The highest BCUT2D eigenvalue weighted by Gasteiger charge is 2.37. The molecule has 1 spiro atoms. The molecule has 0 unspecified atom stereocenters. The Hall–Kier alpha value is -1.76. The highest BCUT2D eigenvalue weighted by Crippen LogP contribution is 2.46. The molecular weight excluding hydrogens is 371 g/mol. The van der Waals surface area contributed by atoms with Crippen LogP contribution in [0.15, 0.2) is 46.6 Å². The van der Waals surface area contributed by atoms with E-state index < -0.39 is 11.7 Å². The number of aromatic nitrogens is 2. The first kappa shape index (κ1) is 18.6. The molecule has 0 atom stereocenters. The number of halogens is 3. The van der Waals surface area contributed by atoms with Crippen molar-refractivity contribution in [2.45, 2.75) is 54.6 Å². The fourth-order valence-corrected chi connectivity index (χ4v) is 5.14. The summed E-state index contributed by atoms with van der Waals surface area (Å²) in [7, 11) is 0. The molecule has 144 valence electrons. The molecule has 0 bridgehead atoms. The predicted octanol–water partition coefficient (Wildman–Crippen LogP) is 5.81. The van der Waals surface area contributed by atoms with E-state index in [2.05, 4.69) is 14.9 Å². The van der Waals surface area contributed by atoms with Crippen LogP contribution in [-0.2, 0) is 6.18 Å². The monoisotopic (exact) mass is 393 g/mol. The van der Waals surface area contributed by atoms with Crippen LogP contribution < -0.4 is 4.90 Å². The van der Waals surface area contributed by atoms with Crippen LogP contribution in [0.4, 0.5) is 19.0 Å². The summed E-state index contributed by atoms with van der Waals surface area (Å²) in [5, 5.41) is 0.472. The van der Waals surface area contributed by atoms with Crippen molar-refractivity contribution >= 4 is 17.6 Å². The number of alkyl halides is 3. The number of benzene rings is 1. The maximum Gasteiger partial charge on any atom is 0.417 e. The summed E-state index contributed by atoms with van der Waals surface area (Å²) in [6.07, 6.45) is 6.69. The summed E-state index contributed by atoms with van der Waals surface area (Å²) in [5.74, 6) is 0.816. The summed E-state index contributed by atoms with van der Waals surface area (Å²) in [6, 6.07) is 5.56. The molecule has 1 saturated carbocycles. The number of rotatable bonds is 3. The molecule has 0 radical (unpaired) electrons. The Labute approximate surface area is 161 Å². The van der Waals surface area contributed by atoms with Gasteiger partial charge in [-0.15, -0.1) is 0 Å². The molecule has 2 aliphatic rings. The fourth-order valence-electron chi connectivity index (χ4n) is 4.26. The highest BCUT2D eigenvalue weighted by atomic mass is 32.2. The summed E-state index contributed by atoms with van der Waals surface area (Å²) in [4.78, 5) is 11.2. The zero-order chi connectivity index (χ0) is 18.9. The minimum atomic E-state index is -4.37. The van der Waals surface area contributed by atoms with Crippen molar-refractivity contribution in [2.24, 2.45) is 5.41 Å². The largest absolute Gasteiger partial charge is 0.417 e. The average molecular weight is 393 g/mol. The highest BCUT2D eigenvalue weighted by molar-refractivity contribution is 7.99. The molecule has 27 heavy (non-hydrogen) atoms. The molecule has 0 amide bonds. The minimum absolute atomic E-state index is 0.146. The van der Waals surface area contributed by atoms with Crippen molar-refractivity contribution in [1.82, 2.24) is 9.97 Å². The van der Waals surface area contributed by atoms with E-state index in [9.17, 15) is 13.2 Å². The predicted molar refractivity (Wildman–Crippen MR) is 99.9 cm³/mol. The van der Waals surface area contributed by atoms with Gasteiger partial charge in [0.2, 0.25) is 0 Å². The summed E-state index contributed by atoms with van der Waals surface area (Å²) >= 11 is 1.000. The van der Waals surface area contributed by atoms with Gasteiger partial charge in [-0.2, -0.15) is 13.2 Å². The van der Waals surface area contributed by atoms with E-state index in [-0.39, 0.29) is 4.90 Å². The van der Waals surface area contributed by atoms with E-state index in [1.54, 1.807) is 18.5 Å². The van der Waals surface area contributed by atoms with E-state index >= 15 is 0 Å². The molecule has 2 heterocycles. The molecule has 0 N–H and O–H groups in total. The quantitative estimate of drug-likeness (QED) is 0.658. The van der Waals surface area contributed by atoms with Crippen molar-refractivity contribution in [2.75, 3.05) is 18.0 Å². The van der Waals surface area contributed by atoms with Gasteiger partial charge in [-0.1, -0.05) is 36.7 Å². The van der Waals surface area contributed by atoms with Gasteiger partial charge in [0.1, 0.15) is 10.8 Å². The van der Waals surface area contributed by atoms with Gasteiger partial charge in [0.05, 0.1) is 18.0 Å². The van der Waals surface area contributed by atoms with Crippen LogP contribution >= 0.6 is 11.8 Å². The second-order valence-electron chi connectivity index (χ2n) is 7.50. The average Bonchev–Trinajstić information content (AvgIpc) is 3.11. The summed E-state index contributed by atoms with van der Waals surface area (Å²) in [6.45, 7) is 1.97. The van der Waals surface area contributed by atoms with Crippen LogP contribution in [0.1, 0.15) is 44.1 Å². The first-order chi connectivity index (χ1) is 13.0. The molecular formula is C20H22F3N3S. The van der Waals surface area contributed by atoms with Gasteiger partial charge in [-0.05, 0) is 43.2 Å². The molecule has 4 rings (SSSR count). The van der Waals surface area contributed by atoms with Gasteiger partial charge >= 0.3 is 6.18 Å². The van der Waals surface area contributed by atoms with E-state index in [1.807, 2.05) is 0 Å². The van der Waals surface area contributed by atoms with Gasteiger partial charge in [0.15, 0.2) is 0 Å². The van der Waals surface area contributed by atoms with E-state index in [0.29, 0.717) is 10.4 Å². The molecule has 1 aliphatic heterocycles. The number of nitrogens with zero attached hydrogens (tertiary/aromatic N) is 3. The molecule has 1 aliphatic carbocycles. The molecule has 1 saturated heterocycles. The fraction of sp³-hybridized carbons (Fsp3) is 0.500. The lowest BCUT2D eigenvalue weighted by Gasteiger charge is -2.39. The molecule has 3 nitrogen and oxygen atoms in total. The lowest BCUT2D eigenvalue weighted by Crippen LogP contribution is -2.39. The Morgan fingerprint density at radius 1 is 0.926 bits per heavy atom. The molecule has 2 fully saturated rings. The lowest BCUT2D eigenvalue weighted by atomic mass is 9.77. The molecule has 2 aromatic rings. The zero-order valence-electron chi connectivity index (χ0n) is 15.0. The molecule has 1 aromatic heterocycles. The number of hydrogen-bond acceptors (Lipinski definition) is 4. The molecule has 7 heteroatoms. The third-order valence-corrected chi connectivity index (χ3v) is 6.83. The topological polar surface area (TPSA) is 29.0 Å². The maximum atomic E-state index is 13.1. The third-order valence-electron chi connectivity index (χ3n) is 5.83. The van der Waals surface area contributed by atoms with Crippen molar-refractivity contribution in [3.05, 3.63) is 42.2 Å². The SMILES string of the molecule is FC(F)(F)c1ccccc1Sc1cnc(N2CCC3(CCCC3)CC2)cn1. The van der Waals surface area contributed by atoms with Gasteiger partial charge in [0.25, 0.3) is 0 Å². The van der Waals surface area contributed by atoms with Crippen LogP contribution in [0.25, 0.3) is 0 Å². The Kier molecular flexibility index (Phi) is 5.05. The standard InChI is InChI=1S/C20H22F3N3S/c21-20(22,23)15-5-1-2-6-16(15)27-18-14-24-17(13-25-18)26-11-9-19(10-12-26)7-3-4-8-19/h1-2,5-6,13-14H,3-4,7-12H2. The van der Waals surface area contributed by atoms with E-state index in [4.69, 9.17) is 0 Å². The summed E-state index contributed by atoms with van der Waals surface area (Å²) in [5.41, 5.74) is -0.0973. The second kappa shape index (κ2) is 7.34. The number of piperidine rings is 1. The Morgan fingerprint density at radius 3 is 2.26 bits per heavy atom. The van der Waals surface area contributed by atoms with Crippen LogP contribution in [0.3, 0.4) is 0 Å². The normalized spacial score (nSPS) is 19.6. The van der Waals surface area contributed by atoms with E-state index in [0.717, 1.165) is 36.7 Å². The Bertz CT molecular complexity index is 776. The minimum Gasteiger partial charge on any atom is -0.355 e. The second-order valence-corrected chi connectivity index (χ2v) is 8.57. The van der Waals surface area contributed by atoms with Crippen molar-refractivity contribution in [3.63, 3.8) is 0 Å². The Balaban J connectivity index is 1.43. The smallest absolute Gasteiger partial charge is 0.355 e. The number of anilines is 1. The number of hydrogen-bond donors (Lipinski definition) is 0. The maximum absolute atomic E-state index is 13.1. The van der Waals surface area contributed by atoms with Gasteiger partial charge in [-0.3, -0.25) is 0 Å². The zero-order valence-corrected chi connectivity index (χ0v) is 15.8. The summed E-state index contributed by atoms with van der Waals surface area (Å²) < 4.78 is 39.4. The van der Waals surface area contributed by atoms with Gasteiger partial charge in [-0.25, -0.2) is 9.97 Å². The Morgan fingerprint density at radius 2 is 1.63 bits per heavy atom. The van der Waals surface area contributed by atoms with Gasteiger partial charge in [0, 0.05) is 18.0 Å². The van der Waals surface area contributed by atoms with Crippen LogP contribution in [0.5, 0.6) is 0 Å². The van der Waals surface area contributed by atoms with Crippen LogP contribution in [0, 0.1) is 5.41 Å². The molecule has 1 aromatic carbocycles. The van der Waals surface area contributed by atoms with Crippen LogP contribution in [-0.4, -0.2) is 23.1 Å². The van der Waals surface area contributed by atoms with Crippen molar-refractivity contribution in [1.29, 1.82) is 0 Å². The van der Waals surface area contributed by atoms with Crippen molar-refractivity contribution < 1.29 is 13.2 Å². The van der Waals surface area contributed by atoms with E-state index in [1.165, 1.54) is 50.7 Å². The van der Waals surface area contributed by atoms with Crippen molar-refractivity contribution in [3.8, 4) is 0 Å². The van der Waals surface area contributed by atoms with Crippen LogP contribution in [0.2, 0.25) is 0 Å². The van der Waals surface area contributed by atoms with Gasteiger partial charge < -0.3 is 4.90 Å². The lowest BCUT2D eigenvalue weighted by molar-refractivity contribution is -0.139. The first-order valence-corrected chi connectivity index (χ1v) is 10.2. The first-order valence-electron chi connectivity index (χ1n) is 9.36. The third kappa shape index (κ3) is 4.08.